The molecule has 0 atom stereocenters. The SMILES string of the molecule is Cc1cc(C)c(NS(=O)(=O)c2ccc3c(c2)CCN3C(=O)CCC(=O)O)c(C)c1. The molecule has 2 N–H and O–H groups in total. The zero-order valence-corrected chi connectivity index (χ0v) is 17.5. The van der Waals surface area contributed by atoms with E-state index in [1.54, 1.807) is 12.1 Å². The van der Waals surface area contributed by atoms with Crippen LogP contribution in [0.2, 0.25) is 0 Å². The Morgan fingerprint density at radius 3 is 2.34 bits per heavy atom. The summed E-state index contributed by atoms with van der Waals surface area (Å²) in [6, 6.07) is 8.52. The fourth-order valence-corrected chi connectivity index (χ4v) is 4.94. The van der Waals surface area contributed by atoms with Gasteiger partial charge < -0.3 is 10.0 Å². The second kappa shape index (κ2) is 7.87. The molecular formula is C21H24N2O5S. The maximum Gasteiger partial charge on any atom is 0.303 e. The smallest absolute Gasteiger partial charge is 0.303 e. The van der Waals surface area contributed by atoms with Gasteiger partial charge in [0, 0.05) is 18.7 Å². The van der Waals surface area contributed by atoms with Crippen molar-refractivity contribution in [3.8, 4) is 0 Å². The number of anilines is 2. The lowest BCUT2D eigenvalue weighted by atomic mass is 10.1. The molecule has 2 aromatic rings. The van der Waals surface area contributed by atoms with Gasteiger partial charge in [-0.15, -0.1) is 0 Å². The van der Waals surface area contributed by atoms with Crippen LogP contribution < -0.4 is 9.62 Å². The van der Waals surface area contributed by atoms with Gasteiger partial charge in [0.1, 0.15) is 0 Å². The fourth-order valence-electron chi connectivity index (χ4n) is 3.69. The molecule has 0 saturated heterocycles. The number of nitrogens with zero attached hydrogens (tertiary/aromatic N) is 1. The first-order valence-corrected chi connectivity index (χ1v) is 10.8. The molecule has 0 aliphatic carbocycles. The van der Waals surface area contributed by atoms with Crippen LogP contribution in [-0.4, -0.2) is 31.9 Å². The standard InChI is InChI=1S/C21H24N2O5S/c1-13-10-14(2)21(15(3)11-13)22-29(27,28)17-4-5-18-16(12-17)8-9-23(18)19(24)6-7-20(25)26/h4-5,10-12,22H,6-9H2,1-3H3,(H,25,26). The lowest BCUT2D eigenvalue weighted by Crippen LogP contribution is -2.29. The van der Waals surface area contributed by atoms with Crippen LogP contribution in [-0.2, 0) is 26.0 Å². The molecular weight excluding hydrogens is 392 g/mol. The van der Waals surface area contributed by atoms with Gasteiger partial charge in [-0.1, -0.05) is 17.7 Å². The van der Waals surface area contributed by atoms with Crippen LogP contribution in [0.4, 0.5) is 11.4 Å². The zero-order chi connectivity index (χ0) is 21.3. The number of nitrogens with one attached hydrogen (secondary N) is 1. The summed E-state index contributed by atoms with van der Waals surface area (Å²) in [6.07, 6.45) is 0.221. The second-order valence-corrected chi connectivity index (χ2v) is 9.04. The highest BCUT2D eigenvalue weighted by Crippen LogP contribution is 2.32. The number of carboxylic acid groups (broad SMARTS) is 1. The molecule has 0 aromatic heterocycles. The molecule has 0 bridgehead atoms. The summed E-state index contributed by atoms with van der Waals surface area (Å²) in [7, 11) is -3.78. The van der Waals surface area contributed by atoms with Crippen LogP contribution in [0.25, 0.3) is 0 Å². The van der Waals surface area contributed by atoms with Crippen LogP contribution in [0.5, 0.6) is 0 Å². The van der Waals surface area contributed by atoms with E-state index >= 15 is 0 Å². The predicted molar refractivity (Wildman–Crippen MR) is 111 cm³/mol. The number of aliphatic carboxylic acids is 1. The van der Waals surface area contributed by atoms with E-state index in [2.05, 4.69) is 4.72 Å². The minimum Gasteiger partial charge on any atom is -0.481 e. The number of fused-ring (bicyclic) bond motifs is 1. The van der Waals surface area contributed by atoms with Crippen molar-refractivity contribution in [3.63, 3.8) is 0 Å². The zero-order valence-electron chi connectivity index (χ0n) is 16.7. The molecule has 0 radical (unpaired) electrons. The maximum absolute atomic E-state index is 12.9. The number of sulfonamides is 1. The van der Waals surface area contributed by atoms with Crippen molar-refractivity contribution in [1.82, 2.24) is 0 Å². The number of aryl methyl sites for hydroxylation is 3. The van der Waals surface area contributed by atoms with E-state index in [1.807, 2.05) is 32.9 Å². The lowest BCUT2D eigenvalue weighted by molar-refractivity contribution is -0.138. The average molecular weight is 416 g/mol. The van der Waals surface area contributed by atoms with E-state index in [-0.39, 0.29) is 23.6 Å². The van der Waals surface area contributed by atoms with E-state index in [4.69, 9.17) is 5.11 Å². The second-order valence-electron chi connectivity index (χ2n) is 7.36. The highest BCUT2D eigenvalue weighted by Gasteiger charge is 2.27. The maximum atomic E-state index is 12.9. The molecule has 3 rings (SSSR count). The molecule has 154 valence electrons. The summed E-state index contributed by atoms with van der Waals surface area (Å²) < 4.78 is 28.5. The topological polar surface area (TPSA) is 104 Å². The number of amides is 1. The summed E-state index contributed by atoms with van der Waals surface area (Å²) in [5.41, 5.74) is 4.73. The Bertz CT molecular complexity index is 1070. The number of carbonyl (C=O) groups excluding carboxylic acids is 1. The molecule has 0 fully saturated rings. The first kappa shape index (κ1) is 20.9. The molecule has 1 aliphatic rings. The Morgan fingerprint density at radius 1 is 1.07 bits per heavy atom. The summed E-state index contributed by atoms with van der Waals surface area (Å²) >= 11 is 0. The molecule has 8 heteroatoms. The fraction of sp³-hybridized carbons (Fsp3) is 0.333. The highest BCUT2D eigenvalue weighted by atomic mass is 32.2. The van der Waals surface area contributed by atoms with Crippen LogP contribution in [0, 0.1) is 20.8 Å². The van der Waals surface area contributed by atoms with Gasteiger partial charge in [0.2, 0.25) is 5.91 Å². The third-order valence-electron chi connectivity index (χ3n) is 5.02. The van der Waals surface area contributed by atoms with Gasteiger partial charge >= 0.3 is 5.97 Å². The molecule has 0 spiro atoms. The van der Waals surface area contributed by atoms with Crippen molar-refractivity contribution < 1.29 is 23.1 Å². The molecule has 1 amide bonds. The number of rotatable bonds is 6. The first-order valence-electron chi connectivity index (χ1n) is 9.34. The first-order chi connectivity index (χ1) is 13.6. The van der Waals surface area contributed by atoms with Crippen LogP contribution in [0.15, 0.2) is 35.2 Å². The number of hydrogen-bond acceptors (Lipinski definition) is 4. The highest BCUT2D eigenvalue weighted by molar-refractivity contribution is 7.92. The summed E-state index contributed by atoms with van der Waals surface area (Å²) in [5.74, 6) is -1.29. The predicted octanol–water partition coefficient (Wildman–Crippen LogP) is 3.17. The minimum atomic E-state index is -3.78. The average Bonchev–Trinajstić information content (AvgIpc) is 3.06. The Morgan fingerprint density at radius 2 is 1.72 bits per heavy atom. The third kappa shape index (κ3) is 4.42. The monoisotopic (exact) mass is 416 g/mol. The number of carboxylic acids is 1. The number of hydrogen-bond donors (Lipinski definition) is 2. The number of carbonyl (C=O) groups is 2. The van der Waals surface area contributed by atoms with E-state index < -0.39 is 16.0 Å². The Hall–Kier alpha value is -2.87. The van der Waals surface area contributed by atoms with Gasteiger partial charge in [-0.05, 0) is 62.1 Å². The van der Waals surface area contributed by atoms with Crippen molar-refractivity contribution in [2.24, 2.45) is 0 Å². The van der Waals surface area contributed by atoms with Gasteiger partial charge in [-0.25, -0.2) is 8.42 Å². The molecule has 2 aromatic carbocycles. The van der Waals surface area contributed by atoms with E-state index in [9.17, 15) is 18.0 Å². The van der Waals surface area contributed by atoms with Crippen molar-refractivity contribution in [1.29, 1.82) is 0 Å². The molecule has 1 heterocycles. The Balaban J connectivity index is 1.85. The van der Waals surface area contributed by atoms with Crippen LogP contribution in [0.3, 0.4) is 0 Å². The van der Waals surface area contributed by atoms with Crippen molar-refractivity contribution in [3.05, 3.63) is 52.6 Å². The number of benzene rings is 2. The van der Waals surface area contributed by atoms with E-state index in [0.29, 0.717) is 24.3 Å². The molecule has 1 aliphatic heterocycles. The van der Waals surface area contributed by atoms with Gasteiger partial charge in [-0.3, -0.25) is 14.3 Å². The lowest BCUT2D eigenvalue weighted by Gasteiger charge is -2.18. The van der Waals surface area contributed by atoms with Gasteiger partial charge in [0.25, 0.3) is 10.0 Å². The molecule has 0 unspecified atom stereocenters. The minimum absolute atomic E-state index is 0.0810. The summed E-state index contributed by atoms with van der Waals surface area (Å²) in [4.78, 5) is 24.6. The molecule has 29 heavy (non-hydrogen) atoms. The summed E-state index contributed by atoms with van der Waals surface area (Å²) in [6.45, 7) is 6.10. The van der Waals surface area contributed by atoms with Crippen molar-refractivity contribution >= 4 is 33.3 Å². The van der Waals surface area contributed by atoms with Gasteiger partial charge in [0.05, 0.1) is 17.0 Å². The Kier molecular flexibility index (Phi) is 5.66. The van der Waals surface area contributed by atoms with Crippen molar-refractivity contribution in [2.75, 3.05) is 16.2 Å². The van der Waals surface area contributed by atoms with E-state index in [1.165, 1.54) is 11.0 Å². The Labute approximate surface area is 170 Å². The third-order valence-corrected chi connectivity index (χ3v) is 6.37. The van der Waals surface area contributed by atoms with E-state index in [0.717, 1.165) is 22.3 Å². The van der Waals surface area contributed by atoms with Crippen molar-refractivity contribution in [2.45, 2.75) is 44.9 Å². The molecule has 0 saturated carbocycles. The molecule has 7 nitrogen and oxygen atoms in total. The van der Waals surface area contributed by atoms with Crippen LogP contribution >= 0.6 is 0 Å². The van der Waals surface area contributed by atoms with Gasteiger partial charge in [-0.2, -0.15) is 0 Å². The quantitative estimate of drug-likeness (QED) is 0.753. The largest absolute Gasteiger partial charge is 0.481 e. The van der Waals surface area contributed by atoms with Gasteiger partial charge in [0.15, 0.2) is 0 Å². The normalized spacial score (nSPS) is 13.3. The summed E-state index contributed by atoms with van der Waals surface area (Å²) in [5, 5.41) is 8.76. The van der Waals surface area contributed by atoms with Crippen LogP contribution in [0.1, 0.15) is 35.1 Å².